The van der Waals surface area contributed by atoms with Crippen LogP contribution in [0.25, 0.3) is 0 Å². The Hall–Kier alpha value is -2.31. The van der Waals surface area contributed by atoms with Crippen LogP contribution in [0, 0.1) is 5.82 Å². The highest BCUT2D eigenvalue weighted by molar-refractivity contribution is 5.85. The van der Waals surface area contributed by atoms with Crippen molar-refractivity contribution < 1.29 is 18.7 Å². The molecular formula is C20H26ClFN2O3. The topological polar surface area (TPSA) is 50.8 Å². The Kier molecular flexibility index (Phi) is 9.61. The van der Waals surface area contributed by atoms with Gasteiger partial charge in [0, 0.05) is 32.6 Å². The van der Waals surface area contributed by atoms with Gasteiger partial charge in [-0.1, -0.05) is 25.1 Å². The van der Waals surface area contributed by atoms with Crippen molar-refractivity contribution in [2.75, 3.05) is 27.2 Å². The van der Waals surface area contributed by atoms with Crippen LogP contribution in [-0.2, 0) is 0 Å². The van der Waals surface area contributed by atoms with E-state index in [4.69, 9.17) is 9.47 Å². The molecule has 0 fully saturated rings. The fourth-order valence-electron chi connectivity index (χ4n) is 2.44. The summed E-state index contributed by atoms with van der Waals surface area (Å²) in [5, 5.41) is 3.40. The number of benzene rings is 2. The van der Waals surface area contributed by atoms with E-state index < -0.39 is 6.09 Å². The van der Waals surface area contributed by atoms with Crippen LogP contribution in [0.2, 0.25) is 0 Å². The summed E-state index contributed by atoms with van der Waals surface area (Å²) < 4.78 is 24.0. The van der Waals surface area contributed by atoms with E-state index in [2.05, 4.69) is 5.32 Å². The van der Waals surface area contributed by atoms with Crippen molar-refractivity contribution in [2.45, 2.75) is 19.4 Å². The van der Waals surface area contributed by atoms with Gasteiger partial charge in [-0.25, -0.2) is 9.18 Å². The van der Waals surface area contributed by atoms with E-state index >= 15 is 0 Å². The van der Waals surface area contributed by atoms with Crippen LogP contribution in [0.15, 0.2) is 48.5 Å². The molecule has 27 heavy (non-hydrogen) atoms. The van der Waals surface area contributed by atoms with E-state index in [1.165, 1.54) is 17.0 Å². The van der Waals surface area contributed by atoms with Crippen molar-refractivity contribution in [1.29, 1.82) is 0 Å². The zero-order valence-electron chi connectivity index (χ0n) is 15.8. The second-order valence-corrected chi connectivity index (χ2v) is 6.04. The Morgan fingerprint density at radius 2 is 1.85 bits per heavy atom. The Morgan fingerprint density at radius 1 is 1.15 bits per heavy atom. The summed E-state index contributed by atoms with van der Waals surface area (Å²) in [6, 6.07) is 13.6. The van der Waals surface area contributed by atoms with E-state index in [0.717, 1.165) is 18.5 Å². The van der Waals surface area contributed by atoms with Crippen LogP contribution in [0.5, 0.6) is 11.5 Å². The van der Waals surface area contributed by atoms with Gasteiger partial charge in [0.25, 0.3) is 0 Å². The van der Waals surface area contributed by atoms with E-state index in [1.807, 2.05) is 19.1 Å². The Morgan fingerprint density at radius 3 is 2.44 bits per heavy atom. The monoisotopic (exact) mass is 396 g/mol. The molecule has 0 aliphatic carbocycles. The predicted octanol–water partition coefficient (Wildman–Crippen LogP) is 4.43. The summed E-state index contributed by atoms with van der Waals surface area (Å²) >= 11 is 0. The number of carbonyl (C=O) groups excluding carboxylic acids is 1. The van der Waals surface area contributed by atoms with Gasteiger partial charge < -0.3 is 19.7 Å². The average Bonchev–Trinajstić information content (AvgIpc) is 2.62. The van der Waals surface area contributed by atoms with Crippen LogP contribution in [0.1, 0.15) is 24.9 Å². The van der Waals surface area contributed by atoms with Gasteiger partial charge in [0.2, 0.25) is 0 Å². The van der Waals surface area contributed by atoms with Crippen molar-refractivity contribution in [1.82, 2.24) is 10.2 Å². The lowest BCUT2D eigenvalue weighted by Crippen LogP contribution is -2.25. The first kappa shape index (κ1) is 22.7. The van der Waals surface area contributed by atoms with Crippen LogP contribution in [-0.4, -0.2) is 38.2 Å². The lowest BCUT2D eigenvalue weighted by Gasteiger charge is -2.19. The molecule has 1 N–H and O–H groups in total. The van der Waals surface area contributed by atoms with E-state index in [9.17, 15) is 9.18 Å². The number of amides is 1. The minimum atomic E-state index is -0.413. The molecule has 2 rings (SSSR count). The number of nitrogens with one attached hydrogen (secondary N) is 1. The molecule has 5 nitrogen and oxygen atoms in total. The molecule has 2 aromatic rings. The Balaban J connectivity index is 0.00000364. The fraction of sp³-hybridized carbons (Fsp3) is 0.350. The minimum Gasteiger partial charge on any atom is -0.493 e. The maximum atomic E-state index is 13.2. The molecule has 0 radical (unpaired) electrons. The highest BCUT2D eigenvalue weighted by Gasteiger charge is 2.12. The van der Waals surface area contributed by atoms with Gasteiger partial charge in [0.1, 0.15) is 17.3 Å². The standard InChI is InChI=1S/C20H25FN2O3.ClH/c1-4-22-19(12-13-25-18-7-5-6-16(21)14-18)15-8-10-17(11-9-15)26-20(24)23(2)3;/h5-11,14,19,22H,4,12-13H2,1-3H3;1H. The first-order valence-corrected chi connectivity index (χ1v) is 8.60. The molecule has 0 aromatic heterocycles. The third-order valence-corrected chi connectivity index (χ3v) is 3.77. The van der Waals surface area contributed by atoms with E-state index in [1.54, 1.807) is 38.4 Å². The maximum absolute atomic E-state index is 13.2. The molecule has 1 unspecified atom stereocenters. The number of halogens is 2. The zero-order valence-corrected chi connectivity index (χ0v) is 16.6. The quantitative estimate of drug-likeness (QED) is 0.717. The van der Waals surface area contributed by atoms with Gasteiger partial charge in [0.15, 0.2) is 0 Å². The largest absolute Gasteiger partial charge is 0.493 e. The van der Waals surface area contributed by atoms with Gasteiger partial charge in [-0.2, -0.15) is 0 Å². The van der Waals surface area contributed by atoms with Crippen molar-refractivity contribution >= 4 is 18.5 Å². The van der Waals surface area contributed by atoms with Crippen molar-refractivity contribution in [3.05, 3.63) is 59.9 Å². The molecule has 0 bridgehead atoms. The number of ether oxygens (including phenoxy) is 2. The van der Waals surface area contributed by atoms with Crippen molar-refractivity contribution in [2.24, 2.45) is 0 Å². The van der Waals surface area contributed by atoms with Gasteiger partial charge in [-0.15, -0.1) is 12.4 Å². The first-order valence-electron chi connectivity index (χ1n) is 8.60. The molecule has 0 aliphatic rings. The number of nitrogens with zero attached hydrogens (tertiary/aromatic N) is 1. The molecule has 0 heterocycles. The summed E-state index contributed by atoms with van der Waals surface area (Å²) in [5.74, 6) is 0.707. The highest BCUT2D eigenvalue weighted by atomic mass is 35.5. The Labute approximate surface area is 165 Å². The second-order valence-electron chi connectivity index (χ2n) is 6.04. The second kappa shape index (κ2) is 11.4. The normalized spacial score (nSPS) is 11.3. The summed E-state index contributed by atoms with van der Waals surface area (Å²) in [7, 11) is 3.27. The fourth-order valence-corrected chi connectivity index (χ4v) is 2.44. The summed E-state index contributed by atoms with van der Waals surface area (Å²) in [6.45, 7) is 3.30. The summed E-state index contributed by atoms with van der Waals surface area (Å²) in [4.78, 5) is 13.0. The number of hydrogen-bond acceptors (Lipinski definition) is 4. The van der Waals surface area contributed by atoms with Crippen LogP contribution < -0.4 is 14.8 Å². The van der Waals surface area contributed by atoms with Gasteiger partial charge in [-0.3, -0.25) is 0 Å². The molecule has 0 saturated carbocycles. The lowest BCUT2D eigenvalue weighted by molar-refractivity contribution is 0.172. The summed E-state index contributed by atoms with van der Waals surface area (Å²) in [5.41, 5.74) is 1.07. The number of carbonyl (C=O) groups is 1. The molecule has 0 spiro atoms. The van der Waals surface area contributed by atoms with Gasteiger partial charge in [0.05, 0.1) is 6.61 Å². The third-order valence-electron chi connectivity index (χ3n) is 3.77. The van der Waals surface area contributed by atoms with Gasteiger partial charge >= 0.3 is 6.09 Å². The van der Waals surface area contributed by atoms with Crippen molar-refractivity contribution in [3.8, 4) is 11.5 Å². The molecule has 0 aliphatic heterocycles. The predicted molar refractivity (Wildman–Crippen MR) is 106 cm³/mol. The van der Waals surface area contributed by atoms with E-state index in [0.29, 0.717) is 18.1 Å². The number of hydrogen-bond donors (Lipinski definition) is 1. The first-order chi connectivity index (χ1) is 12.5. The van der Waals surface area contributed by atoms with Crippen molar-refractivity contribution in [3.63, 3.8) is 0 Å². The zero-order chi connectivity index (χ0) is 18.9. The SMILES string of the molecule is CCNC(CCOc1cccc(F)c1)c1ccc(OC(=O)N(C)C)cc1.Cl. The maximum Gasteiger partial charge on any atom is 0.414 e. The average molecular weight is 397 g/mol. The minimum absolute atomic E-state index is 0. The summed E-state index contributed by atoms with van der Waals surface area (Å²) in [6.07, 6.45) is 0.311. The molecular weight excluding hydrogens is 371 g/mol. The molecule has 0 saturated heterocycles. The smallest absolute Gasteiger partial charge is 0.414 e. The third kappa shape index (κ3) is 7.45. The molecule has 2 aromatic carbocycles. The van der Waals surface area contributed by atoms with E-state index in [-0.39, 0.29) is 24.3 Å². The van der Waals surface area contributed by atoms with Crippen LogP contribution in [0.4, 0.5) is 9.18 Å². The highest BCUT2D eigenvalue weighted by Crippen LogP contribution is 2.21. The van der Waals surface area contributed by atoms with Crippen LogP contribution in [0.3, 0.4) is 0 Å². The molecule has 1 amide bonds. The molecule has 7 heteroatoms. The van der Waals surface area contributed by atoms with Crippen LogP contribution >= 0.6 is 12.4 Å². The Bertz CT molecular complexity index is 711. The lowest BCUT2D eigenvalue weighted by atomic mass is 10.0. The molecule has 148 valence electrons. The number of rotatable bonds is 8. The molecule has 1 atom stereocenters. The van der Waals surface area contributed by atoms with Gasteiger partial charge in [-0.05, 0) is 36.4 Å².